The highest BCUT2D eigenvalue weighted by Crippen LogP contribution is 2.19. The molecule has 0 saturated carbocycles. The summed E-state index contributed by atoms with van der Waals surface area (Å²) < 4.78 is 0. The number of aromatic amines is 1. The summed E-state index contributed by atoms with van der Waals surface area (Å²) in [6.45, 7) is 2.01. The fraction of sp³-hybridized carbons (Fsp3) is 0.286. The molecule has 5 nitrogen and oxygen atoms in total. The Kier molecular flexibility index (Phi) is 1.97. The molecule has 0 aliphatic rings. The molecule has 0 aromatic carbocycles. The molecule has 13 heavy (non-hydrogen) atoms. The first-order valence-electron chi connectivity index (χ1n) is 3.92. The van der Waals surface area contributed by atoms with Gasteiger partial charge in [0.05, 0.1) is 0 Å². The van der Waals surface area contributed by atoms with E-state index in [9.17, 15) is 0 Å². The number of H-pyrrole nitrogens is 1. The first kappa shape index (κ1) is 8.18. The van der Waals surface area contributed by atoms with Crippen LogP contribution >= 0.6 is 11.3 Å². The smallest absolute Gasteiger partial charge is 0.200 e. The summed E-state index contributed by atoms with van der Waals surface area (Å²) in [7, 11) is 0. The molecule has 0 fully saturated rings. The van der Waals surface area contributed by atoms with Crippen molar-refractivity contribution in [3.05, 3.63) is 11.2 Å². The summed E-state index contributed by atoms with van der Waals surface area (Å²) >= 11 is 1.39. The maximum absolute atomic E-state index is 5.50. The van der Waals surface area contributed by atoms with Crippen molar-refractivity contribution in [1.82, 2.24) is 20.2 Å². The number of nitrogens with two attached hydrogens (primary N) is 1. The van der Waals surface area contributed by atoms with Crippen LogP contribution in [0.2, 0.25) is 0 Å². The number of aromatic nitrogens is 4. The second-order valence-corrected chi connectivity index (χ2v) is 3.42. The van der Waals surface area contributed by atoms with Crippen LogP contribution in [0.15, 0.2) is 5.38 Å². The zero-order valence-electron chi connectivity index (χ0n) is 7.11. The number of nitrogens with one attached hydrogen (secondary N) is 1. The maximum atomic E-state index is 5.50. The molecule has 2 heterocycles. The molecule has 0 aliphatic heterocycles. The molecule has 0 atom stereocenters. The number of thiazole rings is 1. The van der Waals surface area contributed by atoms with Gasteiger partial charge in [0, 0.05) is 11.8 Å². The van der Waals surface area contributed by atoms with Gasteiger partial charge in [-0.1, -0.05) is 6.92 Å². The third kappa shape index (κ3) is 1.52. The fourth-order valence-corrected chi connectivity index (χ4v) is 1.50. The summed E-state index contributed by atoms with van der Waals surface area (Å²) in [6, 6.07) is 0. The van der Waals surface area contributed by atoms with Crippen molar-refractivity contribution in [3.63, 3.8) is 0 Å². The van der Waals surface area contributed by atoms with Gasteiger partial charge >= 0.3 is 0 Å². The van der Waals surface area contributed by atoms with Crippen LogP contribution in [-0.4, -0.2) is 20.2 Å². The van der Waals surface area contributed by atoms with E-state index in [0.29, 0.717) is 11.0 Å². The number of nitrogen functional groups attached to an aromatic ring is 1. The summed E-state index contributed by atoms with van der Waals surface area (Å²) in [5, 5.41) is 9.23. The molecular weight excluding hydrogens is 186 g/mol. The van der Waals surface area contributed by atoms with E-state index >= 15 is 0 Å². The van der Waals surface area contributed by atoms with Crippen molar-refractivity contribution in [2.45, 2.75) is 13.3 Å². The van der Waals surface area contributed by atoms with Crippen molar-refractivity contribution < 1.29 is 0 Å². The van der Waals surface area contributed by atoms with Crippen LogP contribution < -0.4 is 5.73 Å². The van der Waals surface area contributed by atoms with Crippen molar-refractivity contribution in [2.75, 3.05) is 5.73 Å². The van der Waals surface area contributed by atoms with E-state index in [1.807, 2.05) is 12.3 Å². The molecule has 2 rings (SSSR count). The highest BCUT2D eigenvalue weighted by atomic mass is 32.1. The van der Waals surface area contributed by atoms with Crippen LogP contribution in [0.4, 0.5) is 5.13 Å². The Morgan fingerprint density at radius 2 is 2.38 bits per heavy atom. The molecule has 0 amide bonds. The minimum Gasteiger partial charge on any atom is -0.375 e. The molecule has 0 saturated heterocycles. The Balaban J connectivity index is 2.35. The van der Waals surface area contributed by atoms with E-state index in [0.717, 1.165) is 17.9 Å². The van der Waals surface area contributed by atoms with Gasteiger partial charge in [-0.3, -0.25) is 5.10 Å². The van der Waals surface area contributed by atoms with E-state index in [1.54, 1.807) is 0 Å². The number of aryl methyl sites for hydroxylation is 1. The number of hydrogen-bond donors (Lipinski definition) is 2. The first-order chi connectivity index (χ1) is 6.29. The third-order valence-corrected chi connectivity index (χ3v) is 2.29. The first-order valence-corrected chi connectivity index (χ1v) is 4.80. The minimum absolute atomic E-state index is 0.540. The van der Waals surface area contributed by atoms with Crippen LogP contribution in [0.25, 0.3) is 11.5 Å². The predicted octanol–water partition coefficient (Wildman–Crippen LogP) is 1.07. The van der Waals surface area contributed by atoms with E-state index in [-0.39, 0.29) is 0 Å². The molecule has 0 aliphatic carbocycles. The van der Waals surface area contributed by atoms with E-state index < -0.39 is 0 Å². The Morgan fingerprint density at radius 1 is 1.54 bits per heavy atom. The fourth-order valence-electron chi connectivity index (χ4n) is 0.958. The van der Waals surface area contributed by atoms with Gasteiger partial charge in [0.25, 0.3) is 0 Å². The van der Waals surface area contributed by atoms with Gasteiger partial charge in [-0.2, -0.15) is 5.10 Å². The lowest BCUT2D eigenvalue weighted by Gasteiger charge is -1.83. The number of hydrogen-bond acceptors (Lipinski definition) is 5. The van der Waals surface area contributed by atoms with Gasteiger partial charge in [-0.15, -0.1) is 11.3 Å². The van der Waals surface area contributed by atoms with E-state index in [4.69, 9.17) is 5.73 Å². The highest BCUT2D eigenvalue weighted by Gasteiger charge is 2.07. The lowest BCUT2D eigenvalue weighted by atomic mass is 10.4. The van der Waals surface area contributed by atoms with Crippen molar-refractivity contribution in [1.29, 1.82) is 0 Å². The van der Waals surface area contributed by atoms with Gasteiger partial charge in [0.2, 0.25) is 5.82 Å². The third-order valence-electron chi connectivity index (χ3n) is 1.62. The standard InChI is InChI=1S/C7H9N5S/c1-2-5-10-6(12-11-5)4-3-13-7(8)9-4/h3H,2H2,1H3,(H2,8,9)(H,10,11,12). The van der Waals surface area contributed by atoms with Crippen LogP contribution in [0, 0.1) is 0 Å². The monoisotopic (exact) mass is 195 g/mol. The quantitative estimate of drug-likeness (QED) is 0.751. The molecule has 0 radical (unpaired) electrons. The molecule has 6 heteroatoms. The van der Waals surface area contributed by atoms with Gasteiger partial charge in [0.1, 0.15) is 11.5 Å². The van der Waals surface area contributed by atoms with Crippen molar-refractivity contribution in [2.24, 2.45) is 0 Å². The number of anilines is 1. The minimum atomic E-state index is 0.540. The topological polar surface area (TPSA) is 80.5 Å². The average Bonchev–Trinajstić information content (AvgIpc) is 2.71. The molecular formula is C7H9N5S. The highest BCUT2D eigenvalue weighted by molar-refractivity contribution is 7.13. The molecule has 0 bridgehead atoms. The Hall–Kier alpha value is -1.43. The van der Waals surface area contributed by atoms with Crippen LogP contribution in [0.1, 0.15) is 12.7 Å². The Morgan fingerprint density at radius 3 is 2.92 bits per heavy atom. The van der Waals surface area contributed by atoms with Gasteiger partial charge in [-0.05, 0) is 0 Å². The van der Waals surface area contributed by atoms with Crippen LogP contribution in [0.5, 0.6) is 0 Å². The lowest BCUT2D eigenvalue weighted by Crippen LogP contribution is -1.85. The van der Waals surface area contributed by atoms with Crippen LogP contribution in [0.3, 0.4) is 0 Å². The van der Waals surface area contributed by atoms with E-state index in [2.05, 4.69) is 20.2 Å². The molecule has 2 aromatic heterocycles. The van der Waals surface area contributed by atoms with Gasteiger partial charge in [0.15, 0.2) is 5.13 Å². The SMILES string of the molecule is CCc1nc(-c2csc(N)n2)n[nH]1. The number of nitrogens with zero attached hydrogens (tertiary/aromatic N) is 3. The van der Waals surface area contributed by atoms with Crippen molar-refractivity contribution in [3.8, 4) is 11.5 Å². The van der Waals surface area contributed by atoms with Crippen molar-refractivity contribution >= 4 is 16.5 Å². The van der Waals surface area contributed by atoms with Gasteiger partial charge in [-0.25, -0.2) is 9.97 Å². The summed E-state index contributed by atoms with van der Waals surface area (Å²) in [5.41, 5.74) is 6.23. The Labute approximate surface area is 79.0 Å². The summed E-state index contributed by atoms with van der Waals surface area (Å²) in [5.74, 6) is 1.48. The second-order valence-electron chi connectivity index (χ2n) is 2.53. The molecule has 0 spiro atoms. The zero-order valence-corrected chi connectivity index (χ0v) is 7.93. The second kappa shape index (κ2) is 3.14. The molecule has 68 valence electrons. The largest absolute Gasteiger partial charge is 0.375 e. The normalized spacial score (nSPS) is 10.5. The van der Waals surface area contributed by atoms with E-state index in [1.165, 1.54) is 11.3 Å². The molecule has 0 unspecified atom stereocenters. The molecule has 2 aromatic rings. The average molecular weight is 195 g/mol. The summed E-state index contributed by atoms with van der Waals surface area (Å²) in [6.07, 6.45) is 0.840. The predicted molar refractivity (Wildman–Crippen MR) is 51.3 cm³/mol. The zero-order chi connectivity index (χ0) is 9.26. The van der Waals surface area contributed by atoms with Crippen LogP contribution in [-0.2, 0) is 6.42 Å². The Bertz CT molecular complexity index is 404. The number of rotatable bonds is 2. The maximum Gasteiger partial charge on any atom is 0.200 e. The lowest BCUT2D eigenvalue weighted by molar-refractivity contribution is 0.946. The molecule has 3 N–H and O–H groups in total. The summed E-state index contributed by atoms with van der Waals surface area (Å²) in [4.78, 5) is 8.31. The van der Waals surface area contributed by atoms with Gasteiger partial charge < -0.3 is 5.73 Å².